The molecule has 5 aromatic carbocycles. The van der Waals surface area contributed by atoms with Crippen LogP contribution >= 0.6 is 11.3 Å². The van der Waals surface area contributed by atoms with E-state index in [-0.39, 0.29) is 0 Å². The third kappa shape index (κ3) is 4.41. The fraction of sp³-hybridized carbons (Fsp3) is 0.125. The maximum atomic E-state index is 2.65. The summed E-state index contributed by atoms with van der Waals surface area (Å²) in [5.41, 5.74) is 10.4. The molecule has 3 aliphatic rings. The fourth-order valence-corrected chi connectivity index (χ4v) is 10.4. The second kappa shape index (κ2) is 11.4. The first-order valence-corrected chi connectivity index (χ1v) is 19.1. The lowest BCUT2D eigenvalue weighted by molar-refractivity contribution is 0.464. The van der Waals surface area contributed by atoms with Gasteiger partial charge in [-0.25, -0.2) is 0 Å². The molecule has 2 nitrogen and oxygen atoms in total. The molecule has 3 aliphatic carbocycles. The van der Waals surface area contributed by atoms with E-state index in [0.717, 1.165) is 25.7 Å². The number of fused-ring (bicyclic) bond motifs is 9. The number of anilines is 2. The minimum atomic E-state index is 0.384. The van der Waals surface area contributed by atoms with E-state index in [9.17, 15) is 0 Å². The zero-order valence-electron chi connectivity index (χ0n) is 28.3. The Morgan fingerprint density at radius 3 is 2.20 bits per heavy atom. The van der Waals surface area contributed by atoms with Crippen molar-refractivity contribution in [2.45, 2.75) is 25.7 Å². The van der Waals surface area contributed by atoms with Crippen LogP contribution in [0.1, 0.15) is 25.7 Å². The Hall–Kier alpha value is -5.64. The number of hydrogen-bond acceptors (Lipinski definition) is 2. The van der Waals surface area contributed by atoms with Gasteiger partial charge in [-0.05, 0) is 79.0 Å². The predicted octanol–water partition coefficient (Wildman–Crippen LogP) is 13.6. The molecule has 3 aromatic heterocycles. The van der Waals surface area contributed by atoms with Crippen LogP contribution in [-0.4, -0.2) is 4.40 Å². The molecule has 0 aliphatic heterocycles. The second-order valence-electron chi connectivity index (χ2n) is 14.3. The molecule has 3 heterocycles. The van der Waals surface area contributed by atoms with Crippen molar-refractivity contribution in [3.63, 3.8) is 0 Å². The van der Waals surface area contributed by atoms with Gasteiger partial charge in [-0.15, -0.1) is 11.3 Å². The molecule has 3 heteroatoms. The van der Waals surface area contributed by atoms with Gasteiger partial charge in [0.2, 0.25) is 0 Å². The summed E-state index contributed by atoms with van der Waals surface area (Å²) in [6.45, 7) is 0. The number of hydrogen-bond donors (Lipinski definition) is 0. The molecule has 11 rings (SSSR count). The molecule has 2 atom stereocenters. The van der Waals surface area contributed by atoms with Crippen molar-refractivity contribution in [3.05, 3.63) is 175 Å². The highest BCUT2D eigenvalue weighted by Crippen LogP contribution is 2.50. The monoisotopic (exact) mass is 672 g/mol. The molecular formula is C48H36N2S. The van der Waals surface area contributed by atoms with E-state index >= 15 is 0 Å². The van der Waals surface area contributed by atoms with Gasteiger partial charge in [0.1, 0.15) is 0 Å². The van der Waals surface area contributed by atoms with Gasteiger partial charge in [0, 0.05) is 42.7 Å². The molecule has 0 saturated heterocycles. The van der Waals surface area contributed by atoms with Gasteiger partial charge in [-0.2, -0.15) is 0 Å². The summed E-state index contributed by atoms with van der Waals surface area (Å²) in [5, 5.41) is 7.89. The van der Waals surface area contributed by atoms with Crippen LogP contribution in [0.15, 0.2) is 175 Å². The highest BCUT2D eigenvalue weighted by atomic mass is 32.1. The summed E-state index contributed by atoms with van der Waals surface area (Å²) in [6, 6.07) is 38.6. The Labute approximate surface area is 301 Å². The summed E-state index contributed by atoms with van der Waals surface area (Å²) in [5.74, 6) is 0.845. The molecule has 0 N–H and O–H groups in total. The van der Waals surface area contributed by atoms with Gasteiger partial charge in [-0.3, -0.25) is 0 Å². The number of benzene rings is 5. The molecule has 2 unspecified atom stereocenters. The summed E-state index contributed by atoms with van der Waals surface area (Å²) >= 11 is 1.92. The molecule has 51 heavy (non-hydrogen) atoms. The van der Waals surface area contributed by atoms with Crippen molar-refractivity contribution in [1.82, 2.24) is 4.40 Å². The number of rotatable bonds is 5. The van der Waals surface area contributed by atoms with E-state index in [2.05, 4.69) is 167 Å². The first-order chi connectivity index (χ1) is 25.3. The maximum absolute atomic E-state index is 2.65. The Morgan fingerprint density at radius 1 is 0.608 bits per heavy atom. The number of allylic oxidation sites excluding steroid dienone is 12. The Balaban J connectivity index is 1.24. The molecular weight excluding hydrogens is 637 g/mol. The van der Waals surface area contributed by atoms with Crippen LogP contribution in [0.3, 0.4) is 0 Å². The third-order valence-corrected chi connectivity index (χ3v) is 12.6. The van der Waals surface area contributed by atoms with Crippen LogP contribution in [-0.2, 0) is 0 Å². The highest BCUT2D eigenvalue weighted by molar-refractivity contribution is 7.26. The quantitative estimate of drug-likeness (QED) is 0.177. The minimum absolute atomic E-state index is 0.384. The standard InChI is InChI=1S/C48H36N2S/c1-3-14-31(15-4-1)33-28-34(32-16-5-2-6-17-32)30-35(29-33)49(44-26-13-23-41-37-19-8-10-27-45(37)51-48(41)44)43-25-12-22-40-39-21-11-20-38-36-18-7-9-24-42(36)50(46(38)39)47(40)43/h1,3-5,7-14,16-28,30-31,33H,2,6,15,29H2. The number of nitrogens with zero attached hydrogens (tertiary/aromatic N) is 2. The molecule has 0 fully saturated rings. The van der Waals surface area contributed by atoms with Crippen LogP contribution in [0.5, 0.6) is 0 Å². The minimum Gasteiger partial charge on any atom is -0.311 e. The molecule has 0 saturated carbocycles. The molecule has 8 aromatic rings. The number of para-hydroxylation sites is 3. The topological polar surface area (TPSA) is 7.65 Å². The Morgan fingerprint density at radius 2 is 1.35 bits per heavy atom. The highest BCUT2D eigenvalue weighted by Gasteiger charge is 2.31. The zero-order chi connectivity index (χ0) is 33.5. The van der Waals surface area contributed by atoms with Crippen LogP contribution in [0.2, 0.25) is 0 Å². The van der Waals surface area contributed by atoms with E-state index in [1.54, 1.807) is 0 Å². The van der Waals surface area contributed by atoms with Crippen molar-refractivity contribution in [3.8, 4) is 0 Å². The largest absolute Gasteiger partial charge is 0.311 e. The van der Waals surface area contributed by atoms with Crippen LogP contribution in [0.25, 0.3) is 58.3 Å². The lowest BCUT2D eigenvalue weighted by Crippen LogP contribution is -2.25. The average molecular weight is 673 g/mol. The van der Waals surface area contributed by atoms with Crippen molar-refractivity contribution >= 4 is 81.0 Å². The lowest BCUT2D eigenvalue weighted by atomic mass is 9.78. The predicted molar refractivity (Wildman–Crippen MR) is 220 cm³/mol. The number of aromatic nitrogens is 1. The van der Waals surface area contributed by atoms with Gasteiger partial charge in [0.05, 0.1) is 32.6 Å². The van der Waals surface area contributed by atoms with Crippen molar-refractivity contribution in [2.75, 3.05) is 4.90 Å². The lowest BCUT2D eigenvalue weighted by Gasteiger charge is -2.35. The van der Waals surface area contributed by atoms with Crippen LogP contribution in [0, 0.1) is 11.8 Å². The van der Waals surface area contributed by atoms with Crippen LogP contribution < -0.4 is 4.90 Å². The SMILES string of the molecule is C1=CCC(C2C=C(C3=CCCC=C3)C=C(N(c3cccc4c3sc3ccccc34)c3cccc4c5cccc6c7ccccc7n(c34)c65)C2)C=C1. The average Bonchev–Trinajstić information content (AvgIpc) is 3.87. The van der Waals surface area contributed by atoms with E-state index in [1.165, 1.54) is 86.5 Å². The van der Waals surface area contributed by atoms with Gasteiger partial charge < -0.3 is 9.30 Å². The van der Waals surface area contributed by atoms with E-state index < -0.39 is 0 Å². The van der Waals surface area contributed by atoms with Crippen molar-refractivity contribution in [2.24, 2.45) is 11.8 Å². The van der Waals surface area contributed by atoms with E-state index in [4.69, 9.17) is 0 Å². The van der Waals surface area contributed by atoms with Gasteiger partial charge in [0.25, 0.3) is 0 Å². The number of thiophene rings is 1. The molecule has 244 valence electrons. The molecule has 0 radical (unpaired) electrons. The first kappa shape index (κ1) is 29.1. The third-order valence-electron chi connectivity index (χ3n) is 11.4. The van der Waals surface area contributed by atoms with Crippen molar-refractivity contribution in [1.29, 1.82) is 0 Å². The summed E-state index contributed by atoms with van der Waals surface area (Å²) < 4.78 is 5.22. The van der Waals surface area contributed by atoms with Gasteiger partial charge >= 0.3 is 0 Å². The summed E-state index contributed by atoms with van der Waals surface area (Å²) in [4.78, 5) is 2.65. The first-order valence-electron chi connectivity index (χ1n) is 18.3. The maximum Gasteiger partial charge on any atom is 0.0782 e. The molecule has 0 spiro atoms. The summed E-state index contributed by atoms with van der Waals surface area (Å²) in [6.07, 6.45) is 25.7. The Kier molecular flexibility index (Phi) is 6.54. The molecule has 0 bridgehead atoms. The Bertz CT molecular complexity index is 2880. The fourth-order valence-electron chi connectivity index (χ4n) is 9.15. The van der Waals surface area contributed by atoms with Crippen molar-refractivity contribution < 1.29 is 0 Å². The zero-order valence-corrected chi connectivity index (χ0v) is 29.1. The van der Waals surface area contributed by atoms with E-state index in [1.807, 2.05) is 11.3 Å². The normalized spacial score (nSPS) is 19.2. The van der Waals surface area contributed by atoms with Gasteiger partial charge in [-0.1, -0.05) is 127 Å². The van der Waals surface area contributed by atoms with Gasteiger partial charge in [0.15, 0.2) is 0 Å². The molecule has 0 amide bonds. The van der Waals surface area contributed by atoms with Crippen LogP contribution in [0.4, 0.5) is 11.4 Å². The second-order valence-corrected chi connectivity index (χ2v) is 15.3. The smallest absolute Gasteiger partial charge is 0.0782 e. The summed E-state index contributed by atoms with van der Waals surface area (Å²) in [7, 11) is 0. The van der Waals surface area contributed by atoms with E-state index in [0.29, 0.717) is 11.8 Å².